The number of amides is 1. The number of ether oxygens (including phenoxy) is 3. The molecule has 0 atom stereocenters. The molecular formula is C28H28N6O4. The molecule has 0 unspecified atom stereocenters. The molecule has 194 valence electrons. The van der Waals surface area contributed by atoms with Gasteiger partial charge in [-0.1, -0.05) is 19.4 Å². The van der Waals surface area contributed by atoms with Crippen LogP contribution in [0.5, 0.6) is 17.2 Å². The van der Waals surface area contributed by atoms with Gasteiger partial charge < -0.3 is 19.5 Å². The van der Waals surface area contributed by atoms with Gasteiger partial charge in [0.05, 0.1) is 12.3 Å². The Bertz CT molecular complexity index is 1590. The number of carbonyl (C=O) groups is 1. The molecule has 1 aliphatic rings. The highest BCUT2D eigenvalue weighted by atomic mass is 16.7. The van der Waals surface area contributed by atoms with Gasteiger partial charge in [-0.15, -0.1) is 10.2 Å². The summed E-state index contributed by atoms with van der Waals surface area (Å²) in [7, 11) is 0. The van der Waals surface area contributed by atoms with Crippen LogP contribution in [-0.2, 0) is 17.8 Å². The van der Waals surface area contributed by atoms with Crippen LogP contribution in [-0.4, -0.2) is 43.5 Å². The summed E-state index contributed by atoms with van der Waals surface area (Å²) in [6, 6.07) is 15.6. The van der Waals surface area contributed by atoms with E-state index in [4.69, 9.17) is 19.3 Å². The zero-order valence-corrected chi connectivity index (χ0v) is 21.1. The molecule has 4 heterocycles. The summed E-state index contributed by atoms with van der Waals surface area (Å²) in [5.41, 5.74) is 4.32. The van der Waals surface area contributed by atoms with E-state index in [1.807, 2.05) is 65.3 Å². The SMILES string of the molecule is CCCCOc1ccc(-c2cc3c4nnc(CCC(=O)NCc5ccc6c(c5)OCO6)n4ccn3n2)cc1. The molecule has 0 radical (unpaired) electrons. The average molecular weight is 513 g/mol. The van der Waals surface area contributed by atoms with E-state index in [0.29, 0.717) is 30.8 Å². The van der Waals surface area contributed by atoms with Crippen molar-refractivity contribution in [3.05, 3.63) is 72.3 Å². The predicted molar refractivity (Wildman–Crippen MR) is 140 cm³/mol. The van der Waals surface area contributed by atoms with Crippen LogP contribution in [0, 0.1) is 0 Å². The van der Waals surface area contributed by atoms with Crippen molar-refractivity contribution in [2.75, 3.05) is 13.4 Å². The summed E-state index contributed by atoms with van der Waals surface area (Å²) in [6.45, 7) is 3.51. The number of carbonyl (C=O) groups excluding carboxylic acids is 1. The van der Waals surface area contributed by atoms with Gasteiger partial charge in [0.25, 0.3) is 0 Å². The Hall–Kier alpha value is -4.60. The van der Waals surface area contributed by atoms with E-state index in [9.17, 15) is 4.79 Å². The normalized spacial score (nSPS) is 12.3. The maximum absolute atomic E-state index is 12.5. The molecule has 38 heavy (non-hydrogen) atoms. The van der Waals surface area contributed by atoms with Crippen LogP contribution < -0.4 is 19.5 Å². The standard InChI is InChI=1S/C28H28N6O4/c1-2-3-14-36-21-7-5-20(6-8-21)22-16-23-28-31-30-26(33(28)12-13-34(23)32-22)10-11-27(35)29-17-19-4-9-24-25(15-19)38-18-37-24/h4-9,12-13,15-16H,2-3,10-11,14,17-18H2,1H3,(H,29,35). The number of benzene rings is 2. The molecule has 0 bridgehead atoms. The number of aromatic nitrogens is 5. The monoisotopic (exact) mass is 512 g/mol. The van der Waals surface area contributed by atoms with Gasteiger partial charge in [-0.3, -0.25) is 9.20 Å². The molecule has 1 amide bonds. The molecule has 1 aliphatic heterocycles. The number of unbranched alkanes of at least 4 members (excludes halogenated alkanes) is 1. The molecule has 0 spiro atoms. The van der Waals surface area contributed by atoms with Gasteiger partial charge in [0, 0.05) is 37.3 Å². The van der Waals surface area contributed by atoms with Crippen LogP contribution in [0.15, 0.2) is 60.9 Å². The van der Waals surface area contributed by atoms with Crippen LogP contribution in [0.1, 0.15) is 37.6 Å². The van der Waals surface area contributed by atoms with Crippen molar-refractivity contribution in [3.63, 3.8) is 0 Å². The lowest BCUT2D eigenvalue weighted by molar-refractivity contribution is -0.121. The second-order valence-electron chi connectivity index (χ2n) is 9.16. The minimum absolute atomic E-state index is 0.0609. The van der Waals surface area contributed by atoms with E-state index in [-0.39, 0.29) is 12.7 Å². The third-order valence-corrected chi connectivity index (χ3v) is 6.51. The largest absolute Gasteiger partial charge is 0.494 e. The minimum Gasteiger partial charge on any atom is -0.494 e. The zero-order valence-electron chi connectivity index (χ0n) is 21.1. The zero-order chi connectivity index (χ0) is 25.9. The maximum Gasteiger partial charge on any atom is 0.231 e. The molecule has 0 fully saturated rings. The fraction of sp³-hybridized carbons (Fsp3) is 0.286. The third kappa shape index (κ3) is 4.84. The van der Waals surface area contributed by atoms with E-state index in [1.54, 1.807) is 4.52 Å². The number of nitrogens with one attached hydrogen (secondary N) is 1. The number of fused-ring (bicyclic) bond motifs is 4. The highest BCUT2D eigenvalue weighted by Gasteiger charge is 2.15. The van der Waals surface area contributed by atoms with E-state index in [2.05, 4.69) is 22.4 Å². The molecular weight excluding hydrogens is 484 g/mol. The fourth-order valence-electron chi connectivity index (χ4n) is 4.39. The van der Waals surface area contributed by atoms with Gasteiger partial charge >= 0.3 is 0 Å². The topological polar surface area (TPSA) is 104 Å². The molecule has 5 aromatic rings. The fourth-order valence-corrected chi connectivity index (χ4v) is 4.39. The predicted octanol–water partition coefficient (Wildman–Crippen LogP) is 4.20. The van der Waals surface area contributed by atoms with Gasteiger partial charge in [-0.2, -0.15) is 5.10 Å². The highest BCUT2D eigenvalue weighted by Crippen LogP contribution is 2.32. The second kappa shape index (κ2) is 10.4. The van der Waals surface area contributed by atoms with Crippen molar-refractivity contribution in [2.45, 2.75) is 39.2 Å². The summed E-state index contributed by atoms with van der Waals surface area (Å²) >= 11 is 0. The summed E-state index contributed by atoms with van der Waals surface area (Å²) in [6.07, 6.45) is 6.66. The van der Waals surface area contributed by atoms with E-state index >= 15 is 0 Å². The smallest absolute Gasteiger partial charge is 0.231 e. The molecule has 0 saturated heterocycles. The highest BCUT2D eigenvalue weighted by molar-refractivity contribution is 5.77. The summed E-state index contributed by atoms with van der Waals surface area (Å²) in [5, 5.41) is 16.4. The minimum atomic E-state index is -0.0609. The summed E-state index contributed by atoms with van der Waals surface area (Å²) in [5.74, 6) is 2.94. The van der Waals surface area contributed by atoms with Crippen molar-refractivity contribution >= 4 is 17.1 Å². The third-order valence-electron chi connectivity index (χ3n) is 6.51. The Labute approximate surface area is 219 Å². The molecule has 10 heteroatoms. The molecule has 6 rings (SSSR count). The second-order valence-corrected chi connectivity index (χ2v) is 9.16. The Balaban J connectivity index is 1.11. The van der Waals surface area contributed by atoms with Crippen molar-refractivity contribution in [3.8, 4) is 28.5 Å². The first-order valence-electron chi connectivity index (χ1n) is 12.8. The van der Waals surface area contributed by atoms with Crippen molar-refractivity contribution in [1.29, 1.82) is 0 Å². The molecule has 0 saturated carbocycles. The Morgan fingerprint density at radius 1 is 1.05 bits per heavy atom. The van der Waals surface area contributed by atoms with Crippen molar-refractivity contribution in [2.24, 2.45) is 0 Å². The number of hydrogen-bond acceptors (Lipinski definition) is 7. The molecule has 2 aromatic carbocycles. The lowest BCUT2D eigenvalue weighted by Crippen LogP contribution is -2.23. The maximum atomic E-state index is 12.5. The Morgan fingerprint density at radius 2 is 1.92 bits per heavy atom. The molecule has 3 aromatic heterocycles. The van der Waals surface area contributed by atoms with E-state index < -0.39 is 0 Å². The molecule has 10 nitrogen and oxygen atoms in total. The Morgan fingerprint density at radius 3 is 2.79 bits per heavy atom. The Kier molecular flexibility index (Phi) is 6.51. The van der Waals surface area contributed by atoms with Crippen LogP contribution in [0.2, 0.25) is 0 Å². The first-order valence-corrected chi connectivity index (χ1v) is 12.8. The van der Waals surface area contributed by atoms with Gasteiger partial charge in [0.2, 0.25) is 12.7 Å². The van der Waals surface area contributed by atoms with E-state index in [0.717, 1.165) is 59.1 Å². The van der Waals surface area contributed by atoms with Crippen molar-refractivity contribution < 1.29 is 19.0 Å². The number of rotatable bonds is 10. The quantitative estimate of drug-likeness (QED) is 0.280. The van der Waals surface area contributed by atoms with Crippen LogP contribution in [0.25, 0.3) is 22.4 Å². The van der Waals surface area contributed by atoms with Gasteiger partial charge in [0.1, 0.15) is 17.1 Å². The van der Waals surface area contributed by atoms with Crippen LogP contribution >= 0.6 is 0 Å². The number of aryl methyl sites for hydroxylation is 1. The van der Waals surface area contributed by atoms with Crippen LogP contribution in [0.3, 0.4) is 0 Å². The number of nitrogens with zero attached hydrogens (tertiary/aromatic N) is 5. The number of hydrogen-bond donors (Lipinski definition) is 1. The average Bonchev–Trinajstić information content (AvgIpc) is 3.68. The summed E-state index contributed by atoms with van der Waals surface area (Å²) in [4.78, 5) is 12.5. The van der Waals surface area contributed by atoms with Crippen LogP contribution in [0.4, 0.5) is 0 Å². The first-order chi connectivity index (χ1) is 18.7. The van der Waals surface area contributed by atoms with E-state index in [1.165, 1.54) is 0 Å². The van der Waals surface area contributed by atoms with Gasteiger partial charge in [-0.25, -0.2) is 4.52 Å². The van der Waals surface area contributed by atoms with Gasteiger partial charge in [-0.05, 0) is 54.4 Å². The van der Waals surface area contributed by atoms with Gasteiger partial charge in [0.15, 0.2) is 17.1 Å². The lowest BCUT2D eigenvalue weighted by Gasteiger charge is -2.06. The molecule has 0 aliphatic carbocycles. The summed E-state index contributed by atoms with van der Waals surface area (Å²) < 4.78 is 20.2. The lowest BCUT2D eigenvalue weighted by atomic mass is 10.1. The first kappa shape index (κ1) is 23.8. The molecule has 1 N–H and O–H groups in total. The van der Waals surface area contributed by atoms with Crippen molar-refractivity contribution in [1.82, 2.24) is 29.5 Å².